The van der Waals surface area contributed by atoms with Crippen molar-refractivity contribution in [3.05, 3.63) is 41.0 Å². The van der Waals surface area contributed by atoms with Crippen LogP contribution in [0.2, 0.25) is 0 Å². The summed E-state index contributed by atoms with van der Waals surface area (Å²) in [5, 5.41) is 0. The van der Waals surface area contributed by atoms with E-state index in [-0.39, 0.29) is 0 Å². The molecule has 116 valence electrons. The highest BCUT2D eigenvalue weighted by Gasteiger charge is 2.14. The molecule has 1 amide bonds. The Morgan fingerprint density at radius 1 is 1.10 bits per heavy atom. The van der Waals surface area contributed by atoms with Crippen LogP contribution in [-0.2, 0) is 4.79 Å². The van der Waals surface area contributed by atoms with Gasteiger partial charge in [0.1, 0.15) is 0 Å². The van der Waals surface area contributed by atoms with Crippen LogP contribution in [0.3, 0.4) is 0 Å². The van der Waals surface area contributed by atoms with Crippen molar-refractivity contribution in [2.24, 2.45) is 0 Å². The molecule has 21 heavy (non-hydrogen) atoms. The van der Waals surface area contributed by atoms with E-state index in [1.165, 1.54) is 35.1 Å². The molecule has 1 aromatic rings. The van der Waals surface area contributed by atoms with Crippen molar-refractivity contribution in [3.63, 3.8) is 0 Å². The maximum atomic E-state index is 10.9. The Bertz CT molecular complexity index is 492. The highest BCUT2D eigenvalue weighted by molar-refractivity contribution is 5.76. The Kier molecular flexibility index (Phi) is 7.21. The maximum Gasteiger partial charge on any atom is 0.222 e. The number of carbonyl (C=O) groups excluding carboxylic acids is 1. The zero-order chi connectivity index (χ0) is 15.8. The van der Waals surface area contributed by atoms with E-state index in [1.54, 1.807) is 0 Å². The fourth-order valence-electron chi connectivity index (χ4n) is 2.45. The number of amides is 1. The van der Waals surface area contributed by atoms with Gasteiger partial charge >= 0.3 is 0 Å². The van der Waals surface area contributed by atoms with E-state index < -0.39 is 0 Å². The molecule has 0 N–H and O–H groups in total. The van der Waals surface area contributed by atoms with Gasteiger partial charge in [-0.1, -0.05) is 36.8 Å². The van der Waals surface area contributed by atoms with Crippen LogP contribution in [-0.4, -0.2) is 23.9 Å². The van der Waals surface area contributed by atoms with Gasteiger partial charge in [0.05, 0.1) is 0 Å². The molecule has 0 radical (unpaired) electrons. The molecule has 2 rings (SSSR count). The van der Waals surface area contributed by atoms with Gasteiger partial charge in [-0.25, -0.2) is 0 Å². The lowest BCUT2D eigenvalue weighted by atomic mass is 9.99. The van der Waals surface area contributed by atoms with Crippen molar-refractivity contribution < 1.29 is 4.79 Å². The third-order valence-electron chi connectivity index (χ3n) is 4.06. The van der Waals surface area contributed by atoms with Crippen LogP contribution in [0, 0.1) is 6.92 Å². The molecule has 1 aliphatic rings. The number of hydrogen-bond acceptors (Lipinski definition) is 1. The predicted octanol–water partition coefficient (Wildman–Crippen LogP) is 4.83. The highest BCUT2D eigenvalue weighted by Crippen LogP contribution is 2.20. The molecule has 0 aliphatic carbocycles. The smallest absolute Gasteiger partial charge is 0.222 e. The normalized spacial score (nSPS) is 13.5. The summed E-state index contributed by atoms with van der Waals surface area (Å²) in [5.74, 6) is 0.313. The quantitative estimate of drug-likeness (QED) is 0.763. The lowest BCUT2D eigenvalue weighted by molar-refractivity contribution is -0.129. The lowest BCUT2D eigenvalue weighted by Gasteiger charge is -2.12. The Morgan fingerprint density at radius 2 is 1.67 bits per heavy atom. The van der Waals surface area contributed by atoms with Gasteiger partial charge in [0.15, 0.2) is 0 Å². The van der Waals surface area contributed by atoms with E-state index in [0.29, 0.717) is 12.3 Å². The van der Waals surface area contributed by atoms with Crippen LogP contribution in [0.25, 0.3) is 5.57 Å². The minimum absolute atomic E-state index is 0.313. The fraction of sp³-hybridized carbons (Fsp3) is 0.526. The first-order valence-corrected chi connectivity index (χ1v) is 7.95. The van der Waals surface area contributed by atoms with Gasteiger partial charge in [-0.05, 0) is 57.2 Å². The standard InChI is InChI=1S/C12H16.C7H13NO/c1-9(2)11(4)12-8-6-5-7-10(12)3;1-2-7(9)8-5-3-4-6-8/h5-8H,1-4H3;2-6H2,1H3. The number of rotatable bonds is 2. The molecule has 0 unspecified atom stereocenters. The predicted molar refractivity (Wildman–Crippen MR) is 91.2 cm³/mol. The summed E-state index contributed by atoms with van der Waals surface area (Å²) in [4.78, 5) is 12.9. The van der Waals surface area contributed by atoms with Crippen molar-refractivity contribution in [3.8, 4) is 0 Å². The topological polar surface area (TPSA) is 20.3 Å². The van der Waals surface area contributed by atoms with E-state index in [4.69, 9.17) is 0 Å². The maximum absolute atomic E-state index is 10.9. The summed E-state index contributed by atoms with van der Waals surface area (Å²) < 4.78 is 0. The molecule has 1 aromatic carbocycles. The summed E-state index contributed by atoms with van der Waals surface area (Å²) in [7, 11) is 0. The van der Waals surface area contributed by atoms with Crippen LogP contribution < -0.4 is 0 Å². The van der Waals surface area contributed by atoms with E-state index >= 15 is 0 Å². The summed E-state index contributed by atoms with van der Waals surface area (Å²) in [6.07, 6.45) is 3.07. The monoisotopic (exact) mass is 287 g/mol. The molecule has 0 aromatic heterocycles. The Labute approximate surface area is 129 Å². The molecule has 1 fully saturated rings. The van der Waals surface area contributed by atoms with Crippen molar-refractivity contribution in [1.29, 1.82) is 0 Å². The lowest BCUT2D eigenvalue weighted by Crippen LogP contribution is -2.26. The van der Waals surface area contributed by atoms with Gasteiger partial charge in [-0.15, -0.1) is 0 Å². The van der Waals surface area contributed by atoms with Gasteiger partial charge < -0.3 is 4.90 Å². The van der Waals surface area contributed by atoms with Crippen LogP contribution in [0.5, 0.6) is 0 Å². The molecular formula is C19H29NO. The summed E-state index contributed by atoms with van der Waals surface area (Å²) >= 11 is 0. The van der Waals surface area contributed by atoms with Gasteiger partial charge in [-0.2, -0.15) is 0 Å². The summed E-state index contributed by atoms with van der Waals surface area (Å²) in [6.45, 7) is 12.5. The molecule has 0 atom stereocenters. The molecular weight excluding hydrogens is 258 g/mol. The van der Waals surface area contributed by atoms with Crippen molar-refractivity contribution in [2.75, 3.05) is 13.1 Å². The fourth-order valence-corrected chi connectivity index (χ4v) is 2.45. The second-order valence-corrected chi connectivity index (χ2v) is 5.88. The number of likely N-dealkylation sites (tertiary alicyclic amines) is 1. The SMILES string of the molecule is CC(C)=C(C)c1ccccc1C.CCC(=O)N1CCCC1. The number of aryl methyl sites for hydroxylation is 1. The first-order chi connectivity index (χ1) is 9.97. The zero-order valence-electron chi connectivity index (χ0n) is 14.2. The number of hydrogen-bond donors (Lipinski definition) is 0. The molecule has 1 heterocycles. The Morgan fingerprint density at radius 3 is 2.14 bits per heavy atom. The van der Waals surface area contributed by atoms with Gasteiger partial charge in [0.2, 0.25) is 5.91 Å². The van der Waals surface area contributed by atoms with E-state index in [0.717, 1.165) is 13.1 Å². The van der Waals surface area contributed by atoms with Gasteiger partial charge in [-0.3, -0.25) is 4.79 Å². The van der Waals surface area contributed by atoms with Crippen molar-refractivity contribution in [1.82, 2.24) is 4.90 Å². The molecule has 0 spiro atoms. The second-order valence-electron chi connectivity index (χ2n) is 5.88. The number of nitrogens with zero attached hydrogens (tertiary/aromatic N) is 1. The minimum Gasteiger partial charge on any atom is -0.343 e. The number of allylic oxidation sites excluding steroid dienone is 2. The first-order valence-electron chi connectivity index (χ1n) is 7.95. The molecule has 1 aliphatic heterocycles. The Balaban J connectivity index is 0.000000219. The minimum atomic E-state index is 0.313. The third-order valence-corrected chi connectivity index (χ3v) is 4.06. The molecule has 1 saturated heterocycles. The van der Waals surface area contributed by atoms with Crippen molar-refractivity contribution >= 4 is 11.5 Å². The first kappa shape index (κ1) is 17.5. The van der Waals surface area contributed by atoms with Gasteiger partial charge in [0.25, 0.3) is 0 Å². The molecule has 0 bridgehead atoms. The largest absolute Gasteiger partial charge is 0.343 e. The zero-order valence-corrected chi connectivity index (χ0v) is 14.2. The summed E-state index contributed by atoms with van der Waals surface area (Å²) in [5.41, 5.74) is 5.52. The van der Waals surface area contributed by atoms with Crippen molar-refractivity contribution in [2.45, 2.75) is 53.9 Å². The van der Waals surface area contributed by atoms with Gasteiger partial charge in [0, 0.05) is 19.5 Å². The third kappa shape index (κ3) is 5.37. The van der Waals surface area contributed by atoms with Crippen LogP contribution >= 0.6 is 0 Å². The molecule has 0 saturated carbocycles. The van der Waals surface area contributed by atoms with E-state index in [1.807, 2.05) is 11.8 Å². The second kappa shape index (κ2) is 8.66. The molecule has 2 nitrogen and oxygen atoms in total. The van der Waals surface area contributed by atoms with E-state index in [2.05, 4.69) is 52.0 Å². The Hall–Kier alpha value is -1.57. The average Bonchev–Trinajstić information content (AvgIpc) is 3.01. The number of benzene rings is 1. The van der Waals surface area contributed by atoms with Crippen LogP contribution in [0.1, 0.15) is 58.1 Å². The van der Waals surface area contributed by atoms with Crippen LogP contribution in [0.4, 0.5) is 0 Å². The van der Waals surface area contributed by atoms with E-state index in [9.17, 15) is 4.79 Å². The van der Waals surface area contributed by atoms with Crippen LogP contribution in [0.15, 0.2) is 29.8 Å². The summed E-state index contributed by atoms with van der Waals surface area (Å²) in [6, 6.07) is 8.51. The molecule has 2 heteroatoms. The highest BCUT2D eigenvalue weighted by atomic mass is 16.2. The average molecular weight is 287 g/mol. The number of carbonyl (C=O) groups is 1.